The Kier molecular flexibility index (Phi) is 4.87. The van der Waals surface area contributed by atoms with Crippen LogP contribution >= 0.6 is 0 Å². The van der Waals surface area contributed by atoms with Crippen LogP contribution in [0.5, 0.6) is 0 Å². The van der Waals surface area contributed by atoms with Crippen molar-refractivity contribution in [2.75, 3.05) is 11.9 Å². The lowest BCUT2D eigenvalue weighted by molar-refractivity contribution is -0.141. The average molecular weight is 237 g/mol. The number of aryl methyl sites for hydroxylation is 2. The van der Waals surface area contributed by atoms with Gasteiger partial charge in [-0.05, 0) is 19.8 Å². The standard InChI is InChI=1S/C12H19N3O2/c1-4-9(12(16)17)7-13-11-6-10(5-2)14-8(3)15-11/h6,9H,4-5,7H2,1-3H3,(H,16,17)(H,13,14,15). The van der Waals surface area contributed by atoms with Crippen molar-refractivity contribution in [3.8, 4) is 0 Å². The van der Waals surface area contributed by atoms with Crippen LogP contribution in [0.15, 0.2) is 6.07 Å². The maximum Gasteiger partial charge on any atom is 0.308 e. The van der Waals surface area contributed by atoms with Crippen LogP contribution in [0.3, 0.4) is 0 Å². The number of nitrogens with zero attached hydrogens (tertiary/aromatic N) is 2. The van der Waals surface area contributed by atoms with E-state index in [1.807, 2.05) is 26.8 Å². The third kappa shape index (κ3) is 4.01. The Morgan fingerprint density at radius 1 is 1.47 bits per heavy atom. The Labute approximate surface area is 101 Å². The molecule has 1 atom stereocenters. The van der Waals surface area contributed by atoms with Crippen LogP contribution in [0.4, 0.5) is 5.82 Å². The number of nitrogens with one attached hydrogen (secondary N) is 1. The van der Waals surface area contributed by atoms with Gasteiger partial charge in [0.05, 0.1) is 5.92 Å². The predicted molar refractivity (Wildman–Crippen MR) is 66.1 cm³/mol. The highest BCUT2D eigenvalue weighted by molar-refractivity contribution is 5.70. The SMILES string of the molecule is CCc1cc(NCC(CC)C(=O)O)nc(C)n1. The number of aromatic nitrogens is 2. The molecule has 0 bridgehead atoms. The van der Waals surface area contributed by atoms with Crippen molar-refractivity contribution in [3.63, 3.8) is 0 Å². The highest BCUT2D eigenvalue weighted by atomic mass is 16.4. The van der Waals surface area contributed by atoms with E-state index in [-0.39, 0.29) is 5.92 Å². The van der Waals surface area contributed by atoms with Gasteiger partial charge in [-0.15, -0.1) is 0 Å². The number of carboxylic acids is 1. The Morgan fingerprint density at radius 3 is 2.71 bits per heavy atom. The van der Waals surface area contributed by atoms with Gasteiger partial charge in [0.2, 0.25) is 0 Å². The first-order valence-corrected chi connectivity index (χ1v) is 5.88. The van der Waals surface area contributed by atoms with Crippen LogP contribution in [0.25, 0.3) is 0 Å². The van der Waals surface area contributed by atoms with E-state index in [9.17, 15) is 4.79 Å². The maximum absolute atomic E-state index is 10.9. The van der Waals surface area contributed by atoms with Crippen molar-refractivity contribution < 1.29 is 9.90 Å². The number of hydrogen-bond donors (Lipinski definition) is 2. The summed E-state index contributed by atoms with van der Waals surface area (Å²) in [5, 5.41) is 12.0. The lowest BCUT2D eigenvalue weighted by Crippen LogP contribution is -2.22. The van der Waals surface area contributed by atoms with E-state index in [1.54, 1.807) is 0 Å². The van der Waals surface area contributed by atoms with Crippen molar-refractivity contribution in [1.82, 2.24) is 9.97 Å². The molecule has 0 amide bonds. The van der Waals surface area contributed by atoms with Crippen molar-refractivity contribution in [1.29, 1.82) is 0 Å². The third-order valence-corrected chi connectivity index (χ3v) is 2.62. The summed E-state index contributed by atoms with van der Waals surface area (Å²) in [6.07, 6.45) is 1.45. The molecule has 0 spiro atoms. The number of carboxylic acid groups (broad SMARTS) is 1. The van der Waals surface area contributed by atoms with Gasteiger partial charge >= 0.3 is 5.97 Å². The number of rotatable bonds is 6. The summed E-state index contributed by atoms with van der Waals surface area (Å²) < 4.78 is 0. The van der Waals surface area contributed by atoms with Gasteiger partial charge in [-0.1, -0.05) is 13.8 Å². The zero-order valence-corrected chi connectivity index (χ0v) is 10.5. The normalized spacial score (nSPS) is 12.2. The second kappa shape index (κ2) is 6.18. The number of anilines is 1. The molecule has 1 aromatic heterocycles. The second-order valence-electron chi connectivity index (χ2n) is 3.97. The first-order valence-electron chi connectivity index (χ1n) is 5.88. The molecule has 17 heavy (non-hydrogen) atoms. The highest BCUT2D eigenvalue weighted by Crippen LogP contribution is 2.09. The fourth-order valence-electron chi connectivity index (χ4n) is 1.54. The summed E-state index contributed by atoms with van der Waals surface area (Å²) in [5.74, 6) is 0.251. The van der Waals surface area contributed by atoms with E-state index >= 15 is 0 Å². The average Bonchev–Trinajstić information content (AvgIpc) is 2.28. The minimum Gasteiger partial charge on any atom is -0.481 e. The summed E-state index contributed by atoms with van der Waals surface area (Å²) >= 11 is 0. The van der Waals surface area contributed by atoms with Crippen molar-refractivity contribution in [3.05, 3.63) is 17.6 Å². The topological polar surface area (TPSA) is 75.1 Å². The Bertz CT molecular complexity index is 393. The van der Waals surface area contributed by atoms with Gasteiger partial charge in [0, 0.05) is 18.3 Å². The molecule has 0 aliphatic carbocycles. The third-order valence-electron chi connectivity index (χ3n) is 2.62. The zero-order chi connectivity index (χ0) is 12.8. The molecule has 1 heterocycles. The minimum absolute atomic E-state index is 0.379. The first-order chi connectivity index (χ1) is 8.06. The zero-order valence-electron chi connectivity index (χ0n) is 10.5. The second-order valence-corrected chi connectivity index (χ2v) is 3.97. The fraction of sp³-hybridized carbons (Fsp3) is 0.583. The molecule has 1 rings (SSSR count). The van der Waals surface area contributed by atoms with Gasteiger partial charge in [0.15, 0.2) is 0 Å². The van der Waals surface area contributed by atoms with Crippen molar-refractivity contribution >= 4 is 11.8 Å². The van der Waals surface area contributed by atoms with Crippen molar-refractivity contribution in [2.45, 2.75) is 33.6 Å². The largest absolute Gasteiger partial charge is 0.481 e. The highest BCUT2D eigenvalue weighted by Gasteiger charge is 2.14. The fourth-order valence-corrected chi connectivity index (χ4v) is 1.54. The minimum atomic E-state index is -0.776. The Balaban J connectivity index is 2.68. The van der Waals surface area contributed by atoms with E-state index in [4.69, 9.17) is 5.11 Å². The van der Waals surface area contributed by atoms with E-state index < -0.39 is 5.97 Å². The molecule has 94 valence electrons. The molecule has 0 aromatic carbocycles. The maximum atomic E-state index is 10.9. The molecule has 5 nitrogen and oxygen atoms in total. The predicted octanol–water partition coefficient (Wildman–Crippen LogP) is 1.87. The molecule has 0 radical (unpaired) electrons. The summed E-state index contributed by atoms with van der Waals surface area (Å²) in [6.45, 7) is 6.12. The molecule has 0 saturated carbocycles. The van der Waals surface area contributed by atoms with Gasteiger partial charge in [0.1, 0.15) is 11.6 Å². The van der Waals surface area contributed by atoms with Gasteiger partial charge < -0.3 is 10.4 Å². The summed E-state index contributed by atoms with van der Waals surface area (Å²) in [5.41, 5.74) is 0.961. The van der Waals surface area contributed by atoms with E-state index in [2.05, 4.69) is 15.3 Å². The van der Waals surface area contributed by atoms with Crippen LogP contribution in [-0.2, 0) is 11.2 Å². The number of hydrogen-bond acceptors (Lipinski definition) is 4. The van der Waals surface area contributed by atoms with Crippen LogP contribution in [0.2, 0.25) is 0 Å². The molecule has 0 aliphatic rings. The van der Waals surface area contributed by atoms with Gasteiger partial charge in [-0.3, -0.25) is 4.79 Å². The molecule has 1 unspecified atom stereocenters. The molecule has 0 saturated heterocycles. The molecular formula is C12H19N3O2. The van der Waals surface area contributed by atoms with Crippen molar-refractivity contribution in [2.24, 2.45) is 5.92 Å². The van der Waals surface area contributed by atoms with Gasteiger partial charge in [0.25, 0.3) is 0 Å². The Morgan fingerprint density at radius 2 is 2.18 bits per heavy atom. The van der Waals surface area contributed by atoms with Gasteiger partial charge in [-0.2, -0.15) is 0 Å². The summed E-state index contributed by atoms with van der Waals surface area (Å²) in [6, 6.07) is 1.86. The van der Waals surface area contributed by atoms with E-state index in [1.165, 1.54) is 0 Å². The van der Waals surface area contributed by atoms with Crippen LogP contribution < -0.4 is 5.32 Å². The quantitative estimate of drug-likeness (QED) is 0.790. The molecule has 5 heteroatoms. The summed E-state index contributed by atoms with van der Waals surface area (Å²) in [7, 11) is 0. The molecule has 0 fully saturated rings. The lowest BCUT2D eigenvalue weighted by atomic mass is 10.1. The smallest absolute Gasteiger partial charge is 0.308 e. The van der Waals surface area contributed by atoms with Crippen LogP contribution in [0, 0.1) is 12.8 Å². The van der Waals surface area contributed by atoms with Gasteiger partial charge in [-0.25, -0.2) is 9.97 Å². The van der Waals surface area contributed by atoms with E-state index in [0.717, 1.165) is 12.1 Å². The first kappa shape index (κ1) is 13.4. The molecule has 0 aliphatic heterocycles. The number of aliphatic carboxylic acids is 1. The monoisotopic (exact) mass is 237 g/mol. The van der Waals surface area contributed by atoms with Crippen LogP contribution in [-0.4, -0.2) is 27.6 Å². The summed E-state index contributed by atoms with van der Waals surface area (Å²) in [4.78, 5) is 19.4. The molecule has 1 aromatic rings. The number of carbonyl (C=O) groups is 1. The molecular weight excluding hydrogens is 218 g/mol. The lowest BCUT2D eigenvalue weighted by Gasteiger charge is -2.12. The Hall–Kier alpha value is -1.65. The van der Waals surface area contributed by atoms with E-state index in [0.29, 0.717) is 24.6 Å². The van der Waals surface area contributed by atoms with Crippen LogP contribution in [0.1, 0.15) is 31.8 Å². The molecule has 2 N–H and O–H groups in total.